The van der Waals surface area contributed by atoms with E-state index in [1.165, 1.54) is 7.11 Å². The third-order valence-corrected chi connectivity index (χ3v) is 3.20. The summed E-state index contributed by atoms with van der Waals surface area (Å²) in [6.45, 7) is 4.36. The molecule has 0 aliphatic carbocycles. The summed E-state index contributed by atoms with van der Waals surface area (Å²) in [5, 5.41) is 0. The molecule has 1 atom stereocenters. The highest BCUT2D eigenvalue weighted by molar-refractivity contribution is 7.89. The van der Waals surface area contributed by atoms with E-state index in [1.807, 2.05) is 13.8 Å². The van der Waals surface area contributed by atoms with Crippen LogP contribution >= 0.6 is 0 Å². The molecule has 7 heteroatoms. The first kappa shape index (κ1) is 15.8. The van der Waals surface area contributed by atoms with Gasteiger partial charge in [-0.15, -0.1) is 0 Å². The molecule has 3 N–H and O–H groups in total. The second kappa shape index (κ2) is 7.97. The van der Waals surface area contributed by atoms with E-state index in [4.69, 9.17) is 15.2 Å². The molecule has 0 aromatic carbocycles. The maximum Gasteiger partial charge on any atom is 0.214 e. The summed E-state index contributed by atoms with van der Waals surface area (Å²) in [6.07, 6.45) is 0.0273. The number of hydrogen-bond acceptors (Lipinski definition) is 5. The van der Waals surface area contributed by atoms with Gasteiger partial charge in [-0.1, -0.05) is 0 Å². The number of sulfonamides is 1. The maximum atomic E-state index is 11.6. The quantitative estimate of drug-likeness (QED) is 0.568. The molecule has 0 aliphatic heterocycles. The summed E-state index contributed by atoms with van der Waals surface area (Å²) in [5.74, 6) is -0.0641. The van der Waals surface area contributed by atoms with Crippen molar-refractivity contribution in [3.05, 3.63) is 0 Å². The van der Waals surface area contributed by atoms with Crippen LogP contribution in [-0.2, 0) is 19.5 Å². The Labute approximate surface area is 97.5 Å². The number of hydrogen-bond donors (Lipinski definition) is 2. The smallest absolute Gasteiger partial charge is 0.214 e. The lowest BCUT2D eigenvalue weighted by Gasteiger charge is -2.16. The van der Waals surface area contributed by atoms with Crippen LogP contribution in [0.2, 0.25) is 0 Å². The van der Waals surface area contributed by atoms with Crippen LogP contribution in [0, 0.1) is 0 Å². The molecule has 16 heavy (non-hydrogen) atoms. The number of rotatable bonds is 9. The lowest BCUT2D eigenvalue weighted by atomic mass is 10.3. The van der Waals surface area contributed by atoms with Crippen LogP contribution in [0.4, 0.5) is 0 Å². The van der Waals surface area contributed by atoms with Crippen molar-refractivity contribution in [2.75, 3.05) is 32.6 Å². The monoisotopic (exact) mass is 254 g/mol. The molecule has 6 nitrogen and oxygen atoms in total. The van der Waals surface area contributed by atoms with E-state index in [0.29, 0.717) is 0 Å². The Bertz CT molecular complexity index is 267. The Morgan fingerprint density at radius 3 is 2.44 bits per heavy atom. The standard InChI is InChI=1S/C9H22N2O4S/c1-8(2)15-4-5-16(12,13)11-9(6-10)7-14-3/h8-9,11H,4-7,10H2,1-3H3. The van der Waals surface area contributed by atoms with Gasteiger partial charge in [0.2, 0.25) is 10.0 Å². The molecule has 0 spiro atoms. The molecule has 0 rings (SSSR count). The minimum absolute atomic E-state index is 0.0273. The molecule has 0 fully saturated rings. The minimum atomic E-state index is -3.35. The van der Waals surface area contributed by atoms with Gasteiger partial charge in [0.1, 0.15) is 0 Å². The maximum absolute atomic E-state index is 11.6. The van der Waals surface area contributed by atoms with Crippen LogP contribution in [0.5, 0.6) is 0 Å². The Hall–Kier alpha value is -0.210. The normalized spacial score (nSPS) is 14.3. The van der Waals surface area contributed by atoms with E-state index >= 15 is 0 Å². The predicted octanol–water partition coefficient (Wildman–Crippen LogP) is -0.695. The Kier molecular flexibility index (Phi) is 7.86. The third kappa shape index (κ3) is 8.00. The summed E-state index contributed by atoms with van der Waals surface area (Å²) in [7, 11) is -1.85. The average Bonchev–Trinajstić information content (AvgIpc) is 2.15. The van der Waals surface area contributed by atoms with Crippen LogP contribution in [0.1, 0.15) is 13.8 Å². The lowest BCUT2D eigenvalue weighted by molar-refractivity contribution is 0.0910. The number of nitrogens with one attached hydrogen (secondary N) is 1. The fourth-order valence-corrected chi connectivity index (χ4v) is 2.16. The molecule has 0 aliphatic rings. The molecule has 0 aromatic heterocycles. The number of nitrogens with two attached hydrogens (primary N) is 1. The third-order valence-electron chi connectivity index (χ3n) is 1.80. The van der Waals surface area contributed by atoms with Crippen molar-refractivity contribution in [1.29, 1.82) is 0 Å². The van der Waals surface area contributed by atoms with E-state index < -0.39 is 10.0 Å². The van der Waals surface area contributed by atoms with E-state index in [0.717, 1.165) is 0 Å². The van der Waals surface area contributed by atoms with Crippen molar-refractivity contribution in [3.8, 4) is 0 Å². The van der Waals surface area contributed by atoms with Gasteiger partial charge in [-0.25, -0.2) is 13.1 Å². The van der Waals surface area contributed by atoms with Crippen molar-refractivity contribution in [1.82, 2.24) is 4.72 Å². The average molecular weight is 254 g/mol. The SMILES string of the molecule is COCC(CN)NS(=O)(=O)CCOC(C)C. The van der Waals surface area contributed by atoms with E-state index in [1.54, 1.807) is 0 Å². The van der Waals surface area contributed by atoms with Crippen LogP contribution in [0.3, 0.4) is 0 Å². The second-order valence-electron chi connectivity index (χ2n) is 3.74. The fourth-order valence-electron chi connectivity index (χ4n) is 1.06. The van der Waals surface area contributed by atoms with Crippen molar-refractivity contribution in [2.45, 2.75) is 26.0 Å². The first-order valence-electron chi connectivity index (χ1n) is 5.22. The Morgan fingerprint density at radius 1 is 1.38 bits per heavy atom. The molecular weight excluding hydrogens is 232 g/mol. The first-order chi connectivity index (χ1) is 7.41. The zero-order valence-electron chi connectivity index (χ0n) is 10.1. The summed E-state index contributed by atoms with van der Waals surface area (Å²) in [6, 6.07) is -0.381. The minimum Gasteiger partial charge on any atom is -0.383 e. The van der Waals surface area contributed by atoms with Gasteiger partial charge in [0.25, 0.3) is 0 Å². The van der Waals surface area contributed by atoms with Gasteiger partial charge in [-0.3, -0.25) is 0 Å². The van der Waals surface area contributed by atoms with E-state index in [-0.39, 0.29) is 37.7 Å². The Balaban J connectivity index is 4.02. The van der Waals surface area contributed by atoms with Gasteiger partial charge < -0.3 is 15.2 Å². The highest BCUT2D eigenvalue weighted by Crippen LogP contribution is 1.93. The van der Waals surface area contributed by atoms with Crippen LogP contribution in [0.25, 0.3) is 0 Å². The van der Waals surface area contributed by atoms with Crippen LogP contribution in [0.15, 0.2) is 0 Å². The molecule has 98 valence electrons. The molecule has 0 radical (unpaired) electrons. The van der Waals surface area contributed by atoms with Gasteiger partial charge in [0.05, 0.1) is 31.1 Å². The summed E-state index contributed by atoms with van der Waals surface area (Å²) in [4.78, 5) is 0. The second-order valence-corrected chi connectivity index (χ2v) is 5.62. The molecule has 0 heterocycles. The molecule has 0 amide bonds. The molecular formula is C9H22N2O4S. The first-order valence-corrected chi connectivity index (χ1v) is 6.87. The Morgan fingerprint density at radius 2 is 2.00 bits per heavy atom. The molecule has 1 unspecified atom stereocenters. The summed E-state index contributed by atoms with van der Waals surface area (Å²) in [5.41, 5.74) is 5.40. The van der Waals surface area contributed by atoms with Gasteiger partial charge in [0.15, 0.2) is 0 Å². The van der Waals surface area contributed by atoms with Gasteiger partial charge in [-0.05, 0) is 13.8 Å². The van der Waals surface area contributed by atoms with Gasteiger partial charge in [0, 0.05) is 13.7 Å². The molecule has 0 aromatic rings. The van der Waals surface area contributed by atoms with E-state index in [2.05, 4.69) is 4.72 Å². The fraction of sp³-hybridized carbons (Fsp3) is 1.00. The van der Waals surface area contributed by atoms with Crippen molar-refractivity contribution < 1.29 is 17.9 Å². The zero-order chi connectivity index (χ0) is 12.6. The molecule has 0 bridgehead atoms. The number of ether oxygens (including phenoxy) is 2. The molecule has 0 saturated heterocycles. The van der Waals surface area contributed by atoms with Crippen molar-refractivity contribution >= 4 is 10.0 Å². The van der Waals surface area contributed by atoms with Gasteiger partial charge in [-0.2, -0.15) is 0 Å². The molecule has 0 saturated carbocycles. The van der Waals surface area contributed by atoms with Crippen LogP contribution in [-0.4, -0.2) is 53.2 Å². The van der Waals surface area contributed by atoms with Crippen molar-refractivity contribution in [2.24, 2.45) is 5.73 Å². The van der Waals surface area contributed by atoms with Gasteiger partial charge >= 0.3 is 0 Å². The highest BCUT2D eigenvalue weighted by Gasteiger charge is 2.16. The summed E-state index contributed by atoms with van der Waals surface area (Å²) >= 11 is 0. The van der Waals surface area contributed by atoms with E-state index in [9.17, 15) is 8.42 Å². The van der Waals surface area contributed by atoms with Crippen LogP contribution < -0.4 is 10.5 Å². The lowest BCUT2D eigenvalue weighted by Crippen LogP contribution is -2.44. The highest BCUT2D eigenvalue weighted by atomic mass is 32.2. The summed E-state index contributed by atoms with van der Waals surface area (Å²) < 4.78 is 35.6. The number of methoxy groups -OCH3 is 1. The topological polar surface area (TPSA) is 90.6 Å². The zero-order valence-corrected chi connectivity index (χ0v) is 10.9. The predicted molar refractivity (Wildman–Crippen MR) is 62.7 cm³/mol. The largest absolute Gasteiger partial charge is 0.383 e. The van der Waals surface area contributed by atoms with Crippen molar-refractivity contribution in [3.63, 3.8) is 0 Å².